The van der Waals surface area contributed by atoms with Crippen molar-refractivity contribution >= 4 is 15.9 Å². The van der Waals surface area contributed by atoms with Crippen LogP contribution < -0.4 is 5.73 Å². The van der Waals surface area contributed by atoms with Crippen molar-refractivity contribution in [2.45, 2.75) is 37.3 Å². The molecule has 0 aliphatic heterocycles. The molecule has 0 bridgehead atoms. The number of hydrogen-bond donors (Lipinski definition) is 1. The van der Waals surface area contributed by atoms with Crippen LogP contribution in [0.25, 0.3) is 0 Å². The van der Waals surface area contributed by atoms with Crippen LogP contribution in [-0.2, 0) is 11.2 Å². The van der Waals surface area contributed by atoms with Crippen LogP contribution in [0.15, 0.2) is 22.7 Å². The molecule has 1 aromatic carbocycles. The number of rotatable bonds is 4. The summed E-state index contributed by atoms with van der Waals surface area (Å²) >= 11 is 3.35. The van der Waals surface area contributed by atoms with E-state index in [4.69, 9.17) is 10.5 Å². The van der Waals surface area contributed by atoms with E-state index in [1.54, 1.807) is 19.2 Å². The lowest BCUT2D eigenvalue weighted by Crippen LogP contribution is -2.55. The first-order chi connectivity index (χ1) is 8.07. The van der Waals surface area contributed by atoms with Gasteiger partial charge in [-0.05, 0) is 49.4 Å². The largest absolute Gasteiger partial charge is 0.377 e. The topological polar surface area (TPSA) is 35.2 Å². The van der Waals surface area contributed by atoms with Crippen molar-refractivity contribution in [3.05, 3.63) is 34.1 Å². The summed E-state index contributed by atoms with van der Waals surface area (Å²) in [7, 11) is 1.69. The molecule has 2 N–H and O–H groups in total. The normalized spacial score (nSPS) is 19.8. The molecule has 2 rings (SSSR count). The van der Waals surface area contributed by atoms with Gasteiger partial charge in [0.05, 0.1) is 5.60 Å². The fourth-order valence-electron chi connectivity index (χ4n) is 2.37. The van der Waals surface area contributed by atoms with Gasteiger partial charge in [0.15, 0.2) is 0 Å². The lowest BCUT2D eigenvalue weighted by molar-refractivity contribution is -0.0898. The van der Waals surface area contributed by atoms with Gasteiger partial charge in [-0.2, -0.15) is 0 Å². The molecule has 0 aromatic heterocycles. The van der Waals surface area contributed by atoms with Crippen molar-refractivity contribution in [3.63, 3.8) is 0 Å². The summed E-state index contributed by atoms with van der Waals surface area (Å²) in [6.45, 7) is 0. The molecule has 0 saturated heterocycles. The standard InChI is InChI=1S/C13H17BrFNO/c1-17-13(5-2-6-13)12(16)8-9-7-10(14)3-4-11(9)15/h3-4,7,12H,2,5-6,8,16H2,1H3. The van der Waals surface area contributed by atoms with Gasteiger partial charge in [-0.25, -0.2) is 4.39 Å². The smallest absolute Gasteiger partial charge is 0.126 e. The Balaban J connectivity index is 2.12. The van der Waals surface area contributed by atoms with Crippen molar-refractivity contribution in [3.8, 4) is 0 Å². The number of ether oxygens (including phenoxy) is 1. The Labute approximate surface area is 109 Å². The minimum atomic E-state index is -0.241. The molecule has 0 radical (unpaired) electrons. The minimum Gasteiger partial charge on any atom is -0.377 e. The van der Waals surface area contributed by atoms with E-state index < -0.39 is 0 Å². The van der Waals surface area contributed by atoms with Gasteiger partial charge in [0.2, 0.25) is 0 Å². The lowest BCUT2D eigenvalue weighted by atomic mass is 9.73. The van der Waals surface area contributed by atoms with E-state index in [1.165, 1.54) is 6.07 Å². The summed E-state index contributed by atoms with van der Waals surface area (Å²) in [5, 5.41) is 0. The van der Waals surface area contributed by atoms with Crippen LogP contribution in [-0.4, -0.2) is 18.8 Å². The highest BCUT2D eigenvalue weighted by Gasteiger charge is 2.42. The summed E-state index contributed by atoms with van der Waals surface area (Å²) in [6.07, 6.45) is 3.60. The minimum absolute atomic E-state index is 0.148. The van der Waals surface area contributed by atoms with Crippen LogP contribution in [0, 0.1) is 5.82 Å². The predicted molar refractivity (Wildman–Crippen MR) is 69.4 cm³/mol. The van der Waals surface area contributed by atoms with Gasteiger partial charge in [0.25, 0.3) is 0 Å². The SMILES string of the molecule is COC1(C(N)Cc2cc(Br)ccc2F)CCC1. The zero-order valence-electron chi connectivity index (χ0n) is 9.88. The molecule has 1 aliphatic carbocycles. The lowest BCUT2D eigenvalue weighted by Gasteiger charge is -2.45. The van der Waals surface area contributed by atoms with Gasteiger partial charge < -0.3 is 10.5 Å². The predicted octanol–water partition coefficient (Wildman–Crippen LogP) is 3.03. The van der Waals surface area contributed by atoms with Crippen LogP contribution in [0.5, 0.6) is 0 Å². The molecule has 1 aliphatic rings. The van der Waals surface area contributed by atoms with E-state index in [0.717, 1.165) is 23.7 Å². The average molecular weight is 302 g/mol. The Hall–Kier alpha value is -0.450. The molecule has 4 heteroatoms. The summed E-state index contributed by atoms with van der Waals surface area (Å²) in [5.41, 5.74) is 6.58. The van der Waals surface area contributed by atoms with Crippen LogP contribution in [0.1, 0.15) is 24.8 Å². The van der Waals surface area contributed by atoms with E-state index in [2.05, 4.69) is 15.9 Å². The summed E-state index contributed by atoms with van der Waals surface area (Å²) < 4.78 is 20.0. The molecule has 2 nitrogen and oxygen atoms in total. The Morgan fingerprint density at radius 3 is 2.76 bits per heavy atom. The molecular formula is C13H17BrFNO. The maximum atomic E-state index is 13.6. The average Bonchev–Trinajstić information content (AvgIpc) is 2.23. The number of nitrogens with two attached hydrogens (primary N) is 1. The maximum absolute atomic E-state index is 13.6. The second-order valence-electron chi connectivity index (χ2n) is 4.67. The van der Waals surface area contributed by atoms with E-state index >= 15 is 0 Å². The van der Waals surface area contributed by atoms with Gasteiger partial charge in [0.1, 0.15) is 5.82 Å². The highest BCUT2D eigenvalue weighted by molar-refractivity contribution is 9.10. The highest BCUT2D eigenvalue weighted by atomic mass is 79.9. The van der Waals surface area contributed by atoms with Crippen molar-refractivity contribution in [1.29, 1.82) is 0 Å². The fraction of sp³-hybridized carbons (Fsp3) is 0.538. The fourth-order valence-corrected chi connectivity index (χ4v) is 2.78. The monoisotopic (exact) mass is 301 g/mol. The van der Waals surface area contributed by atoms with Crippen LogP contribution >= 0.6 is 15.9 Å². The zero-order chi connectivity index (χ0) is 12.5. The van der Waals surface area contributed by atoms with Crippen LogP contribution in [0.3, 0.4) is 0 Å². The summed E-state index contributed by atoms with van der Waals surface area (Å²) in [6, 6.07) is 4.80. The van der Waals surface area contributed by atoms with Gasteiger partial charge in [-0.15, -0.1) is 0 Å². The Kier molecular flexibility index (Phi) is 3.85. The first-order valence-corrected chi connectivity index (χ1v) is 6.61. The van der Waals surface area contributed by atoms with E-state index in [9.17, 15) is 4.39 Å². The van der Waals surface area contributed by atoms with Crippen molar-refractivity contribution in [2.75, 3.05) is 7.11 Å². The molecule has 1 fully saturated rings. The first-order valence-electron chi connectivity index (χ1n) is 5.82. The van der Waals surface area contributed by atoms with Crippen LogP contribution in [0.2, 0.25) is 0 Å². The van der Waals surface area contributed by atoms with Crippen molar-refractivity contribution < 1.29 is 9.13 Å². The molecular weight excluding hydrogens is 285 g/mol. The Bertz CT molecular complexity index is 401. The highest BCUT2D eigenvalue weighted by Crippen LogP contribution is 2.38. The third-order valence-corrected chi connectivity index (χ3v) is 4.22. The van der Waals surface area contributed by atoms with Gasteiger partial charge in [-0.3, -0.25) is 0 Å². The summed E-state index contributed by atoms with van der Waals surface area (Å²) in [5.74, 6) is -0.200. The molecule has 1 aromatic rings. The number of halogens is 2. The second kappa shape index (κ2) is 5.04. The molecule has 1 atom stereocenters. The molecule has 94 valence electrons. The van der Waals surface area contributed by atoms with E-state index in [1.807, 2.05) is 0 Å². The molecule has 1 saturated carbocycles. The van der Waals surface area contributed by atoms with Crippen molar-refractivity contribution in [2.24, 2.45) is 5.73 Å². The Morgan fingerprint density at radius 1 is 1.53 bits per heavy atom. The number of hydrogen-bond acceptors (Lipinski definition) is 2. The first kappa shape index (κ1) is 13.0. The Morgan fingerprint density at radius 2 is 2.24 bits per heavy atom. The number of benzene rings is 1. The van der Waals surface area contributed by atoms with Crippen molar-refractivity contribution in [1.82, 2.24) is 0 Å². The number of methoxy groups -OCH3 is 1. The molecule has 1 unspecified atom stereocenters. The van der Waals surface area contributed by atoms with Gasteiger partial charge in [-0.1, -0.05) is 15.9 Å². The van der Waals surface area contributed by atoms with E-state index in [-0.39, 0.29) is 17.5 Å². The molecule has 0 heterocycles. The second-order valence-corrected chi connectivity index (χ2v) is 5.58. The van der Waals surface area contributed by atoms with Gasteiger partial charge >= 0.3 is 0 Å². The quantitative estimate of drug-likeness (QED) is 0.928. The molecule has 0 spiro atoms. The van der Waals surface area contributed by atoms with E-state index in [0.29, 0.717) is 12.0 Å². The third kappa shape index (κ3) is 2.54. The maximum Gasteiger partial charge on any atom is 0.126 e. The zero-order valence-corrected chi connectivity index (χ0v) is 11.5. The van der Waals surface area contributed by atoms with Gasteiger partial charge in [0, 0.05) is 17.6 Å². The molecule has 17 heavy (non-hydrogen) atoms. The molecule has 0 amide bonds. The third-order valence-electron chi connectivity index (χ3n) is 3.73. The van der Waals surface area contributed by atoms with Crippen LogP contribution in [0.4, 0.5) is 4.39 Å². The summed E-state index contributed by atoms with van der Waals surface area (Å²) in [4.78, 5) is 0.